The number of anilines is 1. The molecule has 160 valence electrons. The summed E-state index contributed by atoms with van der Waals surface area (Å²) in [7, 11) is 0. The standard InChI is InChI=1S/C22H30N6O2/c1-17(29)27-12-14-28(15-13-27)21-9-8-20(25-16-21)7-6-18-2-4-19(5-3-18)10-11-24-22(30)26-23/h2-5,8-9,16H,6-7,10-15,23H2,1H3,(H2,24,26,30). The monoisotopic (exact) mass is 410 g/mol. The van der Waals surface area contributed by atoms with Gasteiger partial charge in [0.25, 0.3) is 0 Å². The van der Waals surface area contributed by atoms with Gasteiger partial charge in [-0.1, -0.05) is 24.3 Å². The summed E-state index contributed by atoms with van der Waals surface area (Å²) in [5.41, 5.74) is 6.66. The first-order chi connectivity index (χ1) is 14.5. The first kappa shape index (κ1) is 21.6. The number of nitrogens with two attached hydrogens (primary N) is 1. The van der Waals surface area contributed by atoms with Crippen molar-refractivity contribution in [3.05, 3.63) is 59.4 Å². The van der Waals surface area contributed by atoms with Crippen LogP contribution in [0.4, 0.5) is 10.5 Å². The molecule has 1 saturated heterocycles. The summed E-state index contributed by atoms with van der Waals surface area (Å²) >= 11 is 0. The highest BCUT2D eigenvalue weighted by Crippen LogP contribution is 2.17. The van der Waals surface area contributed by atoms with E-state index in [-0.39, 0.29) is 11.9 Å². The van der Waals surface area contributed by atoms with Gasteiger partial charge in [0, 0.05) is 45.3 Å². The number of benzene rings is 1. The van der Waals surface area contributed by atoms with Crippen LogP contribution in [0.1, 0.15) is 23.7 Å². The Hall–Kier alpha value is -3.13. The Morgan fingerprint density at radius 1 is 0.967 bits per heavy atom. The lowest BCUT2D eigenvalue weighted by atomic mass is 10.0. The molecule has 0 atom stereocenters. The molecule has 3 rings (SSSR count). The molecule has 1 aliphatic rings. The Morgan fingerprint density at radius 3 is 2.20 bits per heavy atom. The molecule has 1 aromatic heterocycles. The highest BCUT2D eigenvalue weighted by molar-refractivity contribution is 5.73. The molecular weight excluding hydrogens is 380 g/mol. The van der Waals surface area contributed by atoms with Crippen molar-refractivity contribution in [2.24, 2.45) is 5.84 Å². The average molecular weight is 411 g/mol. The SMILES string of the molecule is CC(=O)N1CCN(c2ccc(CCc3ccc(CCNC(=O)NN)cc3)nc2)CC1. The molecule has 1 aliphatic heterocycles. The third-order valence-electron chi connectivity index (χ3n) is 5.42. The van der Waals surface area contributed by atoms with Crippen LogP contribution in [0.3, 0.4) is 0 Å². The minimum atomic E-state index is -0.372. The molecule has 0 spiro atoms. The first-order valence-corrected chi connectivity index (χ1v) is 10.3. The highest BCUT2D eigenvalue weighted by atomic mass is 16.2. The van der Waals surface area contributed by atoms with Crippen LogP contribution in [0.25, 0.3) is 0 Å². The van der Waals surface area contributed by atoms with Gasteiger partial charge in [-0.3, -0.25) is 15.2 Å². The van der Waals surface area contributed by atoms with Crippen molar-refractivity contribution in [1.29, 1.82) is 0 Å². The number of hydrazine groups is 1. The van der Waals surface area contributed by atoms with Gasteiger partial charge in [-0.25, -0.2) is 10.6 Å². The van der Waals surface area contributed by atoms with E-state index in [1.165, 1.54) is 11.1 Å². The van der Waals surface area contributed by atoms with Gasteiger partial charge in [-0.15, -0.1) is 0 Å². The molecule has 4 N–H and O–H groups in total. The maximum atomic E-state index is 11.5. The number of piperazine rings is 1. The molecule has 1 fully saturated rings. The summed E-state index contributed by atoms with van der Waals surface area (Å²) < 4.78 is 0. The van der Waals surface area contributed by atoms with Crippen LogP contribution in [0.2, 0.25) is 0 Å². The second-order valence-corrected chi connectivity index (χ2v) is 7.47. The van der Waals surface area contributed by atoms with Gasteiger partial charge in [0.15, 0.2) is 0 Å². The maximum absolute atomic E-state index is 11.5. The van der Waals surface area contributed by atoms with E-state index in [1.54, 1.807) is 6.92 Å². The molecule has 2 aromatic rings. The molecule has 1 aromatic carbocycles. The Bertz CT molecular complexity index is 830. The zero-order chi connectivity index (χ0) is 21.3. The molecule has 8 nitrogen and oxygen atoms in total. The Balaban J connectivity index is 1.44. The predicted octanol–water partition coefficient (Wildman–Crippen LogP) is 1.25. The van der Waals surface area contributed by atoms with Crippen molar-refractivity contribution in [3.8, 4) is 0 Å². The summed E-state index contributed by atoms with van der Waals surface area (Å²) in [5, 5.41) is 2.67. The number of nitrogens with zero attached hydrogens (tertiary/aromatic N) is 3. The van der Waals surface area contributed by atoms with Crippen LogP contribution in [-0.2, 0) is 24.1 Å². The number of aromatic nitrogens is 1. The van der Waals surface area contributed by atoms with Gasteiger partial charge in [-0.2, -0.15) is 0 Å². The Labute approximate surface area is 177 Å². The second kappa shape index (κ2) is 10.6. The predicted molar refractivity (Wildman–Crippen MR) is 117 cm³/mol. The van der Waals surface area contributed by atoms with Gasteiger partial charge in [0.05, 0.1) is 11.9 Å². The molecular formula is C22H30N6O2. The van der Waals surface area contributed by atoms with E-state index in [0.717, 1.165) is 56.8 Å². The third kappa shape index (κ3) is 6.18. The summed E-state index contributed by atoms with van der Waals surface area (Å²) in [6, 6.07) is 12.3. The van der Waals surface area contributed by atoms with Crippen molar-refractivity contribution >= 4 is 17.6 Å². The van der Waals surface area contributed by atoms with Gasteiger partial charge in [-0.05, 0) is 42.5 Å². The summed E-state index contributed by atoms with van der Waals surface area (Å²) in [5.74, 6) is 5.18. The van der Waals surface area contributed by atoms with Crippen molar-refractivity contribution in [3.63, 3.8) is 0 Å². The maximum Gasteiger partial charge on any atom is 0.328 e. The van der Waals surface area contributed by atoms with Crippen molar-refractivity contribution in [2.75, 3.05) is 37.6 Å². The van der Waals surface area contributed by atoms with E-state index in [9.17, 15) is 9.59 Å². The molecule has 0 aliphatic carbocycles. The van der Waals surface area contributed by atoms with Crippen LogP contribution >= 0.6 is 0 Å². The van der Waals surface area contributed by atoms with Crippen LogP contribution in [0, 0.1) is 0 Å². The fourth-order valence-electron chi connectivity index (χ4n) is 3.55. The van der Waals surface area contributed by atoms with Crippen LogP contribution in [0.15, 0.2) is 42.6 Å². The van der Waals surface area contributed by atoms with E-state index in [2.05, 4.69) is 51.6 Å². The Kier molecular flexibility index (Phi) is 7.62. The molecule has 30 heavy (non-hydrogen) atoms. The number of aryl methyl sites for hydroxylation is 2. The van der Waals surface area contributed by atoms with Crippen molar-refractivity contribution in [2.45, 2.75) is 26.2 Å². The quantitative estimate of drug-likeness (QED) is 0.362. The molecule has 0 bridgehead atoms. The van der Waals surface area contributed by atoms with Crippen molar-refractivity contribution in [1.82, 2.24) is 20.6 Å². The van der Waals surface area contributed by atoms with E-state index in [0.29, 0.717) is 6.54 Å². The van der Waals surface area contributed by atoms with Gasteiger partial charge < -0.3 is 15.1 Å². The normalized spacial score (nSPS) is 13.8. The molecule has 0 saturated carbocycles. The minimum absolute atomic E-state index is 0.145. The number of nitrogens with one attached hydrogen (secondary N) is 2. The summed E-state index contributed by atoms with van der Waals surface area (Å²) in [6.45, 7) is 5.40. The topological polar surface area (TPSA) is 104 Å². The number of rotatable bonds is 7. The number of hydrogen-bond acceptors (Lipinski definition) is 5. The smallest absolute Gasteiger partial charge is 0.328 e. The number of pyridine rings is 1. The van der Waals surface area contributed by atoms with E-state index >= 15 is 0 Å². The molecule has 3 amide bonds. The van der Waals surface area contributed by atoms with Crippen LogP contribution < -0.4 is 21.5 Å². The molecule has 0 unspecified atom stereocenters. The number of carbonyl (C=O) groups excluding carboxylic acids is 2. The van der Waals surface area contributed by atoms with Gasteiger partial charge in [0.2, 0.25) is 5.91 Å². The molecule has 8 heteroatoms. The second-order valence-electron chi connectivity index (χ2n) is 7.47. The number of carbonyl (C=O) groups is 2. The average Bonchev–Trinajstić information content (AvgIpc) is 2.79. The number of amides is 3. The van der Waals surface area contributed by atoms with E-state index in [4.69, 9.17) is 5.84 Å². The fraction of sp³-hybridized carbons (Fsp3) is 0.409. The summed E-state index contributed by atoms with van der Waals surface area (Å²) in [6.07, 6.45) is 4.51. The van der Waals surface area contributed by atoms with Gasteiger partial charge >= 0.3 is 6.03 Å². The fourth-order valence-corrected chi connectivity index (χ4v) is 3.55. The lowest BCUT2D eigenvalue weighted by Gasteiger charge is -2.35. The zero-order valence-electron chi connectivity index (χ0n) is 17.4. The minimum Gasteiger partial charge on any atom is -0.367 e. The summed E-state index contributed by atoms with van der Waals surface area (Å²) in [4.78, 5) is 31.3. The van der Waals surface area contributed by atoms with E-state index < -0.39 is 0 Å². The third-order valence-corrected chi connectivity index (χ3v) is 5.42. The van der Waals surface area contributed by atoms with Crippen LogP contribution in [-0.4, -0.2) is 54.5 Å². The zero-order valence-corrected chi connectivity index (χ0v) is 17.4. The Morgan fingerprint density at radius 2 is 1.63 bits per heavy atom. The van der Waals surface area contributed by atoms with E-state index in [1.807, 2.05) is 16.5 Å². The number of hydrogen-bond donors (Lipinski definition) is 3. The largest absolute Gasteiger partial charge is 0.367 e. The number of urea groups is 1. The highest BCUT2D eigenvalue weighted by Gasteiger charge is 2.18. The van der Waals surface area contributed by atoms with Crippen molar-refractivity contribution < 1.29 is 9.59 Å². The lowest BCUT2D eigenvalue weighted by molar-refractivity contribution is -0.129. The first-order valence-electron chi connectivity index (χ1n) is 10.3. The van der Waals surface area contributed by atoms with Gasteiger partial charge in [0.1, 0.15) is 0 Å². The van der Waals surface area contributed by atoms with Crippen LogP contribution in [0.5, 0.6) is 0 Å². The molecule has 2 heterocycles. The lowest BCUT2D eigenvalue weighted by Crippen LogP contribution is -2.48. The molecule has 0 radical (unpaired) electrons.